The fraction of sp³-hybridized carbons (Fsp3) is 0.588. The first-order valence-corrected chi connectivity index (χ1v) is 9.05. The van der Waals surface area contributed by atoms with Crippen molar-refractivity contribution in [3.8, 4) is 0 Å². The third kappa shape index (κ3) is 4.42. The Morgan fingerprint density at radius 2 is 2.04 bits per heavy atom. The number of thiophene rings is 1. The third-order valence-corrected chi connectivity index (χ3v) is 4.73. The van der Waals surface area contributed by atoms with Crippen molar-refractivity contribution < 1.29 is 9.53 Å². The summed E-state index contributed by atoms with van der Waals surface area (Å²) in [6.45, 7) is 11.1. The van der Waals surface area contributed by atoms with Crippen molar-refractivity contribution >= 4 is 27.5 Å². The van der Waals surface area contributed by atoms with Crippen LogP contribution in [0.3, 0.4) is 0 Å². The van der Waals surface area contributed by atoms with Crippen molar-refractivity contribution in [2.75, 3.05) is 6.54 Å². The minimum atomic E-state index is -0.401. The van der Waals surface area contributed by atoms with Gasteiger partial charge in [-0.05, 0) is 45.2 Å². The van der Waals surface area contributed by atoms with Gasteiger partial charge in [-0.1, -0.05) is 13.8 Å². The summed E-state index contributed by atoms with van der Waals surface area (Å²) in [6.07, 6.45) is 0.865. The monoisotopic (exact) mass is 351 g/mol. The number of hydrogen-bond donors (Lipinski definition) is 2. The lowest BCUT2D eigenvalue weighted by molar-refractivity contribution is 0.0383. The van der Waals surface area contributed by atoms with E-state index in [-0.39, 0.29) is 11.7 Å². The molecule has 2 heterocycles. The van der Waals surface area contributed by atoms with Crippen molar-refractivity contribution in [3.63, 3.8) is 0 Å². The Bertz CT molecular complexity index is 777. The van der Waals surface area contributed by atoms with Gasteiger partial charge in [-0.25, -0.2) is 9.78 Å². The number of aryl methyl sites for hydroxylation is 1. The molecule has 0 radical (unpaired) electrons. The van der Waals surface area contributed by atoms with E-state index in [4.69, 9.17) is 4.74 Å². The molecule has 0 aliphatic rings. The zero-order valence-corrected chi connectivity index (χ0v) is 15.7. The summed E-state index contributed by atoms with van der Waals surface area (Å²) in [4.78, 5) is 32.8. The average molecular weight is 351 g/mol. The highest BCUT2D eigenvalue weighted by molar-refractivity contribution is 7.20. The Hall–Kier alpha value is -1.73. The van der Waals surface area contributed by atoms with E-state index in [1.165, 1.54) is 11.3 Å². The lowest BCUT2D eigenvalue weighted by Gasteiger charge is -2.06. The van der Waals surface area contributed by atoms with E-state index >= 15 is 0 Å². The molecule has 0 atom stereocenters. The second kappa shape index (κ2) is 7.90. The summed E-state index contributed by atoms with van der Waals surface area (Å²) < 4.78 is 5.24. The summed E-state index contributed by atoms with van der Waals surface area (Å²) in [6, 6.07) is 0. The molecule has 0 aromatic carbocycles. The van der Waals surface area contributed by atoms with Crippen LogP contribution in [0, 0.1) is 12.8 Å². The molecule has 0 amide bonds. The van der Waals surface area contributed by atoms with E-state index in [0.717, 1.165) is 13.0 Å². The molecule has 24 heavy (non-hydrogen) atoms. The van der Waals surface area contributed by atoms with Gasteiger partial charge in [-0.3, -0.25) is 4.79 Å². The molecule has 0 bridgehead atoms. The van der Waals surface area contributed by atoms with Crippen molar-refractivity contribution in [1.29, 1.82) is 0 Å². The van der Waals surface area contributed by atoms with Gasteiger partial charge in [-0.15, -0.1) is 11.3 Å². The number of ether oxygens (including phenoxy) is 1. The lowest BCUT2D eigenvalue weighted by Crippen LogP contribution is -2.21. The number of aromatic nitrogens is 2. The Kier molecular flexibility index (Phi) is 6.12. The van der Waals surface area contributed by atoms with E-state index in [9.17, 15) is 9.59 Å². The Balaban J connectivity index is 2.24. The number of nitrogens with zero attached hydrogens (tertiary/aromatic N) is 1. The summed E-state index contributed by atoms with van der Waals surface area (Å²) in [5.74, 6) is 0.809. The second-order valence-electron chi connectivity index (χ2n) is 6.56. The Labute approximate surface area is 145 Å². The molecule has 7 heteroatoms. The number of H-pyrrole nitrogens is 1. The van der Waals surface area contributed by atoms with Crippen molar-refractivity contribution in [2.45, 2.75) is 53.7 Å². The normalized spacial score (nSPS) is 11.6. The minimum Gasteiger partial charge on any atom is -0.459 e. The molecule has 2 N–H and O–H groups in total. The van der Waals surface area contributed by atoms with Gasteiger partial charge in [-0.2, -0.15) is 0 Å². The average Bonchev–Trinajstić information content (AvgIpc) is 2.80. The van der Waals surface area contributed by atoms with E-state index in [2.05, 4.69) is 29.1 Å². The molecule has 2 rings (SSSR count). The van der Waals surface area contributed by atoms with Crippen LogP contribution in [0.1, 0.15) is 55.2 Å². The molecule has 0 saturated heterocycles. The number of fused-ring (bicyclic) bond motifs is 1. The summed E-state index contributed by atoms with van der Waals surface area (Å²) >= 11 is 1.21. The smallest absolute Gasteiger partial charge is 0.348 e. The first kappa shape index (κ1) is 18.6. The summed E-state index contributed by atoms with van der Waals surface area (Å²) in [5, 5.41) is 3.75. The Morgan fingerprint density at radius 3 is 2.67 bits per heavy atom. The highest BCUT2D eigenvalue weighted by Gasteiger charge is 2.21. The first-order valence-electron chi connectivity index (χ1n) is 8.23. The van der Waals surface area contributed by atoms with E-state index in [1.807, 2.05) is 0 Å². The van der Waals surface area contributed by atoms with Gasteiger partial charge in [0.2, 0.25) is 0 Å². The van der Waals surface area contributed by atoms with Crippen LogP contribution in [0.5, 0.6) is 0 Å². The molecule has 0 saturated carbocycles. The van der Waals surface area contributed by atoms with Crippen molar-refractivity contribution in [1.82, 2.24) is 15.3 Å². The second-order valence-corrected chi connectivity index (χ2v) is 7.56. The van der Waals surface area contributed by atoms with Crippen LogP contribution < -0.4 is 10.9 Å². The van der Waals surface area contributed by atoms with Gasteiger partial charge in [0.1, 0.15) is 15.5 Å². The fourth-order valence-corrected chi connectivity index (χ4v) is 3.42. The molecule has 0 aliphatic heterocycles. The largest absolute Gasteiger partial charge is 0.459 e. The van der Waals surface area contributed by atoms with Crippen LogP contribution in [0.15, 0.2) is 4.79 Å². The predicted molar refractivity (Wildman–Crippen MR) is 96.7 cm³/mol. The van der Waals surface area contributed by atoms with Gasteiger partial charge >= 0.3 is 5.97 Å². The number of rotatable bonds is 7. The molecule has 0 fully saturated rings. The standard InChI is InChI=1S/C17H25N3O3S/c1-9(2)6-7-18-8-12-19-15(21)13-11(5)14(24-16(13)20-12)17(22)23-10(3)4/h9-10,18H,6-8H2,1-5H3,(H,19,20,21). The lowest BCUT2D eigenvalue weighted by atomic mass is 10.1. The summed E-state index contributed by atoms with van der Waals surface area (Å²) in [5.41, 5.74) is 0.423. The highest BCUT2D eigenvalue weighted by Crippen LogP contribution is 2.27. The van der Waals surface area contributed by atoms with E-state index < -0.39 is 5.97 Å². The quantitative estimate of drug-likeness (QED) is 0.592. The molecule has 2 aromatic rings. The Morgan fingerprint density at radius 1 is 1.33 bits per heavy atom. The SMILES string of the molecule is Cc1c(C(=O)OC(C)C)sc2nc(CNCCC(C)C)[nH]c(=O)c12. The van der Waals surface area contributed by atoms with Crippen LogP contribution in [-0.4, -0.2) is 28.6 Å². The molecule has 2 aromatic heterocycles. The van der Waals surface area contributed by atoms with Crippen molar-refractivity contribution in [3.05, 3.63) is 26.6 Å². The van der Waals surface area contributed by atoms with Gasteiger partial charge in [0, 0.05) is 0 Å². The fourth-order valence-electron chi connectivity index (χ4n) is 2.33. The van der Waals surface area contributed by atoms with Gasteiger partial charge < -0.3 is 15.0 Å². The number of carbonyl (C=O) groups is 1. The van der Waals surface area contributed by atoms with Crippen LogP contribution in [0.2, 0.25) is 0 Å². The maximum Gasteiger partial charge on any atom is 0.348 e. The van der Waals surface area contributed by atoms with E-state index in [0.29, 0.717) is 38.9 Å². The van der Waals surface area contributed by atoms with Gasteiger partial charge in [0.25, 0.3) is 5.56 Å². The van der Waals surface area contributed by atoms with Crippen molar-refractivity contribution in [2.24, 2.45) is 5.92 Å². The first-order chi connectivity index (χ1) is 11.3. The maximum absolute atomic E-state index is 12.4. The third-order valence-electron chi connectivity index (χ3n) is 3.57. The van der Waals surface area contributed by atoms with Gasteiger partial charge in [0.15, 0.2) is 0 Å². The topological polar surface area (TPSA) is 84.1 Å². The zero-order valence-electron chi connectivity index (χ0n) is 14.9. The number of hydrogen-bond acceptors (Lipinski definition) is 6. The number of aromatic amines is 1. The highest BCUT2D eigenvalue weighted by atomic mass is 32.1. The van der Waals surface area contributed by atoms with Crippen LogP contribution >= 0.6 is 11.3 Å². The summed E-state index contributed by atoms with van der Waals surface area (Å²) in [7, 11) is 0. The molecule has 132 valence electrons. The molecular formula is C17H25N3O3S. The maximum atomic E-state index is 12.4. The predicted octanol–water partition coefficient (Wildman–Crippen LogP) is 2.99. The van der Waals surface area contributed by atoms with E-state index in [1.54, 1.807) is 20.8 Å². The molecule has 0 aliphatic carbocycles. The zero-order chi connectivity index (χ0) is 17.9. The number of esters is 1. The van der Waals surface area contributed by atoms with Gasteiger partial charge in [0.05, 0.1) is 18.0 Å². The number of carbonyl (C=O) groups excluding carboxylic acids is 1. The number of nitrogens with one attached hydrogen (secondary N) is 2. The molecule has 0 unspecified atom stereocenters. The molecule has 0 spiro atoms. The van der Waals surface area contributed by atoms with Crippen LogP contribution in [-0.2, 0) is 11.3 Å². The molecule has 6 nitrogen and oxygen atoms in total. The minimum absolute atomic E-state index is 0.200. The van der Waals surface area contributed by atoms with Crippen LogP contribution in [0.4, 0.5) is 0 Å². The van der Waals surface area contributed by atoms with Crippen LogP contribution in [0.25, 0.3) is 10.2 Å². The molecular weight excluding hydrogens is 326 g/mol.